The van der Waals surface area contributed by atoms with Gasteiger partial charge in [0.05, 0.1) is 6.20 Å². The van der Waals surface area contributed by atoms with Crippen molar-refractivity contribution >= 4 is 11.6 Å². The molecule has 0 bridgehead atoms. The summed E-state index contributed by atoms with van der Waals surface area (Å²) in [6, 6.07) is 6.60. The van der Waals surface area contributed by atoms with Gasteiger partial charge in [0.1, 0.15) is 11.6 Å². The highest BCUT2D eigenvalue weighted by Gasteiger charge is 2.09. The molecule has 0 spiro atoms. The molecule has 1 aromatic carbocycles. The van der Waals surface area contributed by atoms with Crippen LogP contribution in [0.25, 0.3) is 0 Å². The molecule has 0 unspecified atom stereocenters. The average molecular weight is 267 g/mol. The molecule has 0 aliphatic heterocycles. The summed E-state index contributed by atoms with van der Waals surface area (Å²) >= 11 is 5.90. The van der Waals surface area contributed by atoms with Gasteiger partial charge < -0.3 is 10.5 Å². The van der Waals surface area contributed by atoms with Gasteiger partial charge in [-0.3, -0.25) is 0 Å². The maximum absolute atomic E-state index is 13.0. The summed E-state index contributed by atoms with van der Waals surface area (Å²) < 4.78 is 18.6. The standard InChI is InChI=1S/C13H12ClFN2O/c1-8-2-3-10(14)5-12(8)18-13-9(6-16)4-11(15)7-17-13/h2-5,7H,6,16H2,1H3. The number of benzene rings is 1. The van der Waals surface area contributed by atoms with Crippen molar-refractivity contribution < 1.29 is 9.13 Å². The van der Waals surface area contributed by atoms with E-state index in [1.165, 1.54) is 6.07 Å². The van der Waals surface area contributed by atoms with Gasteiger partial charge in [-0.1, -0.05) is 17.7 Å². The summed E-state index contributed by atoms with van der Waals surface area (Å²) in [5.41, 5.74) is 6.95. The van der Waals surface area contributed by atoms with Gasteiger partial charge in [0.15, 0.2) is 0 Å². The van der Waals surface area contributed by atoms with Gasteiger partial charge in [0.2, 0.25) is 5.88 Å². The van der Waals surface area contributed by atoms with E-state index in [0.29, 0.717) is 22.2 Å². The molecule has 0 atom stereocenters. The summed E-state index contributed by atoms with van der Waals surface area (Å²) in [6.45, 7) is 2.04. The minimum atomic E-state index is -0.439. The van der Waals surface area contributed by atoms with E-state index < -0.39 is 5.82 Å². The van der Waals surface area contributed by atoms with Crippen LogP contribution < -0.4 is 10.5 Å². The monoisotopic (exact) mass is 266 g/mol. The fourth-order valence-corrected chi connectivity index (χ4v) is 1.66. The number of nitrogens with zero attached hydrogens (tertiary/aromatic N) is 1. The molecule has 0 fully saturated rings. The first-order valence-corrected chi connectivity index (χ1v) is 5.76. The minimum Gasteiger partial charge on any atom is -0.438 e. The topological polar surface area (TPSA) is 48.1 Å². The van der Waals surface area contributed by atoms with Crippen LogP contribution in [-0.2, 0) is 6.54 Å². The maximum Gasteiger partial charge on any atom is 0.223 e. The van der Waals surface area contributed by atoms with Crippen molar-refractivity contribution in [3.8, 4) is 11.6 Å². The highest BCUT2D eigenvalue weighted by molar-refractivity contribution is 6.30. The average Bonchev–Trinajstić information content (AvgIpc) is 2.36. The number of halogens is 2. The first-order chi connectivity index (χ1) is 8.60. The maximum atomic E-state index is 13.0. The highest BCUT2D eigenvalue weighted by atomic mass is 35.5. The predicted molar refractivity (Wildman–Crippen MR) is 68.3 cm³/mol. The summed E-state index contributed by atoms with van der Waals surface area (Å²) in [7, 11) is 0. The van der Waals surface area contributed by atoms with E-state index in [0.717, 1.165) is 11.8 Å². The zero-order chi connectivity index (χ0) is 13.1. The third-order valence-electron chi connectivity index (χ3n) is 2.47. The van der Waals surface area contributed by atoms with Gasteiger partial charge in [-0.05, 0) is 30.7 Å². The van der Waals surface area contributed by atoms with Crippen LogP contribution in [0.3, 0.4) is 0 Å². The largest absolute Gasteiger partial charge is 0.438 e. The summed E-state index contributed by atoms with van der Waals surface area (Å²) in [5.74, 6) is 0.436. The Morgan fingerprint density at radius 1 is 1.39 bits per heavy atom. The second kappa shape index (κ2) is 5.33. The van der Waals surface area contributed by atoms with Crippen LogP contribution in [-0.4, -0.2) is 4.98 Å². The lowest BCUT2D eigenvalue weighted by atomic mass is 10.2. The van der Waals surface area contributed by atoms with E-state index in [1.54, 1.807) is 12.1 Å². The Kier molecular flexibility index (Phi) is 3.79. The van der Waals surface area contributed by atoms with E-state index >= 15 is 0 Å². The van der Waals surface area contributed by atoms with Gasteiger partial charge in [0.25, 0.3) is 0 Å². The Bertz CT molecular complexity index is 575. The molecule has 3 nitrogen and oxygen atoms in total. The molecule has 0 aliphatic carbocycles. The lowest BCUT2D eigenvalue weighted by Gasteiger charge is -2.11. The van der Waals surface area contributed by atoms with E-state index in [9.17, 15) is 4.39 Å². The quantitative estimate of drug-likeness (QED) is 0.926. The number of ether oxygens (including phenoxy) is 1. The van der Waals surface area contributed by atoms with Gasteiger partial charge in [-0.25, -0.2) is 9.37 Å². The van der Waals surface area contributed by atoms with Crippen LogP contribution in [0.2, 0.25) is 5.02 Å². The predicted octanol–water partition coefficient (Wildman–Crippen LogP) is 3.43. The Balaban J connectivity index is 2.36. The normalized spacial score (nSPS) is 10.4. The van der Waals surface area contributed by atoms with E-state index in [4.69, 9.17) is 22.1 Å². The van der Waals surface area contributed by atoms with Crippen molar-refractivity contribution in [3.63, 3.8) is 0 Å². The second-order valence-corrected chi connectivity index (χ2v) is 4.27. The molecule has 94 valence electrons. The van der Waals surface area contributed by atoms with Crippen molar-refractivity contribution in [3.05, 3.63) is 52.4 Å². The zero-order valence-electron chi connectivity index (χ0n) is 9.78. The summed E-state index contributed by atoms with van der Waals surface area (Å²) in [5, 5.41) is 0.562. The molecule has 18 heavy (non-hydrogen) atoms. The summed E-state index contributed by atoms with van der Waals surface area (Å²) in [6.07, 6.45) is 1.09. The van der Waals surface area contributed by atoms with Crippen LogP contribution in [0, 0.1) is 12.7 Å². The fourth-order valence-electron chi connectivity index (χ4n) is 1.49. The molecule has 0 aliphatic rings. The molecule has 2 rings (SSSR count). The number of rotatable bonds is 3. The van der Waals surface area contributed by atoms with E-state index in [1.807, 2.05) is 13.0 Å². The van der Waals surface area contributed by atoms with Gasteiger partial charge in [-0.2, -0.15) is 0 Å². The van der Waals surface area contributed by atoms with Crippen LogP contribution in [0.1, 0.15) is 11.1 Å². The number of aromatic nitrogens is 1. The Hall–Kier alpha value is -1.65. The molecule has 1 heterocycles. The van der Waals surface area contributed by atoms with Gasteiger partial charge in [0, 0.05) is 17.1 Å². The van der Waals surface area contributed by atoms with E-state index in [2.05, 4.69) is 4.98 Å². The molecule has 0 radical (unpaired) electrons. The van der Waals surface area contributed by atoms with E-state index in [-0.39, 0.29) is 6.54 Å². The molecule has 1 aromatic heterocycles. The number of pyridine rings is 1. The number of hydrogen-bond acceptors (Lipinski definition) is 3. The smallest absolute Gasteiger partial charge is 0.223 e. The Morgan fingerprint density at radius 2 is 2.17 bits per heavy atom. The number of hydrogen-bond donors (Lipinski definition) is 1. The number of nitrogens with two attached hydrogens (primary N) is 1. The van der Waals surface area contributed by atoms with Crippen molar-refractivity contribution in [2.75, 3.05) is 0 Å². The SMILES string of the molecule is Cc1ccc(Cl)cc1Oc1ncc(F)cc1CN. The fraction of sp³-hybridized carbons (Fsp3) is 0.154. The molecule has 2 N–H and O–H groups in total. The van der Waals surface area contributed by atoms with Crippen molar-refractivity contribution in [1.29, 1.82) is 0 Å². The molecule has 0 amide bonds. The van der Waals surface area contributed by atoms with Gasteiger partial charge >= 0.3 is 0 Å². The molecule has 2 aromatic rings. The third-order valence-corrected chi connectivity index (χ3v) is 2.70. The van der Waals surface area contributed by atoms with Gasteiger partial charge in [-0.15, -0.1) is 0 Å². The lowest BCUT2D eigenvalue weighted by Crippen LogP contribution is -2.02. The highest BCUT2D eigenvalue weighted by Crippen LogP contribution is 2.28. The number of aryl methyl sites for hydroxylation is 1. The zero-order valence-corrected chi connectivity index (χ0v) is 10.5. The van der Waals surface area contributed by atoms with Crippen molar-refractivity contribution in [1.82, 2.24) is 4.98 Å². The minimum absolute atomic E-state index is 0.152. The van der Waals surface area contributed by atoms with Crippen LogP contribution in [0.4, 0.5) is 4.39 Å². The molecule has 0 saturated carbocycles. The van der Waals surface area contributed by atoms with Crippen LogP contribution in [0.15, 0.2) is 30.5 Å². The first-order valence-electron chi connectivity index (χ1n) is 5.38. The molecular weight excluding hydrogens is 255 g/mol. The Labute approximate surface area is 109 Å². The van der Waals surface area contributed by atoms with Crippen molar-refractivity contribution in [2.45, 2.75) is 13.5 Å². The molecule has 5 heteroatoms. The summed E-state index contributed by atoms with van der Waals surface area (Å²) in [4.78, 5) is 3.89. The molecular formula is C13H12ClFN2O. The molecule has 0 saturated heterocycles. The Morgan fingerprint density at radius 3 is 2.89 bits per heavy atom. The first kappa shape index (κ1) is 12.8. The van der Waals surface area contributed by atoms with Crippen LogP contribution in [0.5, 0.6) is 11.6 Å². The lowest BCUT2D eigenvalue weighted by molar-refractivity contribution is 0.449. The van der Waals surface area contributed by atoms with Crippen molar-refractivity contribution in [2.24, 2.45) is 5.73 Å². The van der Waals surface area contributed by atoms with Crippen LogP contribution >= 0.6 is 11.6 Å². The third kappa shape index (κ3) is 2.78. The second-order valence-electron chi connectivity index (χ2n) is 3.83.